The van der Waals surface area contributed by atoms with Gasteiger partial charge in [0.2, 0.25) is 5.82 Å². The SMILES string of the molecule is O=C(O)c1ccc(O)cc1-c1noc(-c2ccc(F)cc2)n1. The number of aromatic carboxylic acids is 1. The molecule has 0 unspecified atom stereocenters. The standard InChI is InChI=1S/C15H9FN2O4/c16-9-3-1-8(2-4-9)14-17-13(18-22-14)12-7-10(19)5-6-11(12)15(20)21/h1-7,19H,(H,20,21). The molecule has 0 fully saturated rings. The molecule has 0 aliphatic carbocycles. The summed E-state index contributed by atoms with van der Waals surface area (Å²) in [4.78, 5) is 15.3. The summed E-state index contributed by atoms with van der Waals surface area (Å²) >= 11 is 0. The number of carboxylic acids is 1. The number of hydrogen-bond acceptors (Lipinski definition) is 5. The summed E-state index contributed by atoms with van der Waals surface area (Å²) in [6, 6.07) is 9.17. The van der Waals surface area contributed by atoms with E-state index in [9.17, 15) is 14.3 Å². The van der Waals surface area contributed by atoms with Gasteiger partial charge in [-0.25, -0.2) is 9.18 Å². The van der Waals surface area contributed by atoms with Crippen LogP contribution in [0.1, 0.15) is 10.4 Å². The minimum absolute atomic E-state index is 0.0209. The first-order valence-electron chi connectivity index (χ1n) is 6.21. The molecule has 2 N–H and O–H groups in total. The van der Waals surface area contributed by atoms with Gasteiger partial charge in [0.15, 0.2) is 0 Å². The lowest BCUT2D eigenvalue weighted by Crippen LogP contribution is -2.00. The summed E-state index contributed by atoms with van der Waals surface area (Å²) in [6.07, 6.45) is 0. The maximum atomic E-state index is 12.9. The number of halogens is 1. The van der Waals surface area contributed by atoms with Gasteiger partial charge in [0.05, 0.1) is 5.56 Å². The molecule has 22 heavy (non-hydrogen) atoms. The van der Waals surface area contributed by atoms with E-state index in [1.54, 1.807) is 0 Å². The van der Waals surface area contributed by atoms with Crippen molar-refractivity contribution < 1.29 is 23.9 Å². The van der Waals surface area contributed by atoms with E-state index in [-0.39, 0.29) is 28.6 Å². The van der Waals surface area contributed by atoms with Crippen molar-refractivity contribution in [3.05, 3.63) is 53.8 Å². The Kier molecular flexibility index (Phi) is 3.30. The van der Waals surface area contributed by atoms with Gasteiger partial charge in [-0.05, 0) is 42.5 Å². The first-order chi connectivity index (χ1) is 10.5. The van der Waals surface area contributed by atoms with E-state index in [1.807, 2.05) is 0 Å². The van der Waals surface area contributed by atoms with Crippen molar-refractivity contribution in [1.82, 2.24) is 10.1 Å². The third-order valence-corrected chi connectivity index (χ3v) is 2.99. The predicted octanol–water partition coefficient (Wildman–Crippen LogP) is 2.95. The highest BCUT2D eigenvalue weighted by molar-refractivity contribution is 5.95. The highest BCUT2D eigenvalue weighted by atomic mass is 19.1. The van der Waals surface area contributed by atoms with Crippen LogP contribution in [0.4, 0.5) is 4.39 Å². The van der Waals surface area contributed by atoms with E-state index in [2.05, 4.69) is 10.1 Å². The van der Waals surface area contributed by atoms with Gasteiger partial charge in [-0.2, -0.15) is 4.98 Å². The molecule has 7 heteroatoms. The largest absolute Gasteiger partial charge is 0.508 e. The summed E-state index contributed by atoms with van der Waals surface area (Å²) in [5.41, 5.74) is 0.561. The zero-order valence-corrected chi connectivity index (χ0v) is 11.0. The molecule has 3 rings (SSSR count). The fourth-order valence-corrected chi connectivity index (χ4v) is 1.95. The van der Waals surface area contributed by atoms with Crippen molar-refractivity contribution in [3.8, 4) is 28.6 Å². The summed E-state index contributed by atoms with van der Waals surface area (Å²) < 4.78 is 18.0. The smallest absolute Gasteiger partial charge is 0.336 e. The first-order valence-corrected chi connectivity index (χ1v) is 6.21. The number of phenols is 1. The molecule has 0 aliphatic heterocycles. The van der Waals surface area contributed by atoms with Crippen LogP contribution in [0.3, 0.4) is 0 Å². The topological polar surface area (TPSA) is 96.5 Å². The minimum atomic E-state index is -1.18. The molecule has 0 aliphatic rings. The molecule has 2 aromatic carbocycles. The minimum Gasteiger partial charge on any atom is -0.508 e. The maximum Gasteiger partial charge on any atom is 0.336 e. The Hall–Kier alpha value is -3.22. The molecule has 0 radical (unpaired) electrons. The van der Waals surface area contributed by atoms with E-state index < -0.39 is 11.8 Å². The third-order valence-electron chi connectivity index (χ3n) is 2.99. The molecule has 0 atom stereocenters. The molecule has 3 aromatic rings. The van der Waals surface area contributed by atoms with E-state index in [0.717, 1.165) is 0 Å². The van der Waals surface area contributed by atoms with Gasteiger partial charge in [-0.15, -0.1) is 0 Å². The molecule has 1 heterocycles. The zero-order valence-electron chi connectivity index (χ0n) is 11.0. The van der Waals surface area contributed by atoms with Crippen molar-refractivity contribution in [2.45, 2.75) is 0 Å². The summed E-state index contributed by atoms with van der Waals surface area (Å²) in [6.45, 7) is 0. The molecule has 0 spiro atoms. The quantitative estimate of drug-likeness (QED) is 0.772. The van der Waals surface area contributed by atoms with Crippen LogP contribution in [0.25, 0.3) is 22.8 Å². The second-order valence-corrected chi connectivity index (χ2v) is 4.47. The highest BCUT2D eigenvalue weighted by Gasteiger charge is 2.18. The van der Waals surface area contributed by atoms with E-state index in [1.165, 1.54) is 42.5 Å². The summed E-state index contributed by atoms with van der Waals surface area (Å²) in [5, 5.41) is 22.4. The maximum absolute atomic E-state index is 12.9. The van der Waals surface area contributed by atoms with Crippen molar-refractivity contribution >= 4 is 5.97 Å². The number of benzene rings is 2. The summed E-state index contributed by atoms with van der Waals surface area (Å²) in [7, 11) is 0. The van der Waals surface area contributed by atoms with Gasteiger partial charge in [0.1, 0.15) is 11.6 Å². The van der Waals surface area contributed by atoms with Crippen molar-refractivity contribution in [2.75, 3.05) is 0 Å². The van der Waals surface area contributed by atoms with Gasteiger partial charge in [0.25, 0.3) is 5.89 Å². The Bertz CT molecular complexity index is 843. The first kappa shape index (κ1) is 13.7. The molecular formula is C15H9FN2O4. The molecule has 1 aromatic heterocycles. The predicted molar refractivity (Wildman–Crippen MR) is 73.8 cm³/mol. The normalized spacial score (nSPS) is 10.6. The number of carbonyl (C=O) groups is 1. The second kappa shape index (κ2) is 5.28. The van der Waals surface area contributed by atoms with Gasteiger partial charge >= 0.3 is 5.97 Å². The number of phenolic OH excluding ortho intramolecular Hbond substituents is 1. The number of carboxylic acid groups (broad SMARTS) is 1. The average Bonchev–Trinajstić information content (AvgIpc) is 2.97. The number of nitrogens with zero attached hydrogens (tertiary/aromatic N) is 2. The molecule has 6 nitrogen and oxygen atoms in total. The van der Waals surface area contributed by atoms with Gasteiger partial charge in [-0.3, -0.25) is 0 Å². The van der Waals surface area contributed by atoms with Crippen molar-refractivity contribution in [2.24, 2.45) is 0 Å². The van der Waals surface area contributed by atoms with Crippen LogP contribution >= 0.6 is 0 Å². The lowest BCUT2D eigenvalue weighted by Gasteiger charge is -2.01. The molecule has 0 amide bonds. The van der Waals surface area contributed by atoms with Crippen molar-refractivity contribution in [3.63, 3.8) is 0 Å². The average molecular weight is 300 g/mol. The molecule has 0 bridgehead atoms. The van der Waals surface area contributed by atoms with Crippen LogP contribution in [0.15, 0.2) is 47.0 Å². The fraction of sp³-hybridized carbons (Fsp3) is 0. The van der Waals surface area contributed by atoms with Crippen molar-refractivity contribution in [1.29, 1.82) is 0 Å². The van der Waals surface area contributed by atoms with E-state index in [4.69, 9.17) is 9.63 Å². The lowest BCUT2D eigenvalue weighted by atomic mass is 10.1. The fourth-order valence-electron chi connectivity index (χ4n) is 1.95. The van der Waals surface area contributed by atoms with Gasteiger partial charge in [0, 0.05) is 11.1 Å². The van der Waals surface area contributed by atoms with Crippen LogP contribution in [-0.2, 0) is 0 Å². The van der Waals surface area contributed by atoms with Crippen LogP contribution in [-0.4, -0.2) is 26.3 Å². The monoisotopic (exact) mass is 300 g/mol. The number of aromatic hydroxyl groups is 1. The van der Waals surface area contributed by atoms with Gasteiger partial charge in [-0.1, -0.05) is 5.16 Å². The molecule has 110 valence electrons. The Morgan fingerprint density at radius 3 is 2.55 bits per heavy atom. The third kappa shape index (κ3) is 2.51. The Balaban J connectivity index is 2.06. The van der Waals surface area contributed by atoms with Gasteiger partial charge < -0.3 is 14.7 Å². The van der Waals surface area contributed by atoms with Crippen LogP contribution in [0.2, 0.25) is 0 Å². The molecule has 0 saturated carbocycles. The van der Waals surface area contributed by atoms with Crippen LogP contribution < -0.4 is 0 Å². The summed E-state index contributed by atoms with van der Waals surface area (Å²) in [5.74, 6) is -1.55. The molecule has 0 saturated heterocycles. The van der Waals surface area contributed by atoms with Crippen LogP contribution in [0.5, 0.6) is 5.75 Å². The Labute approximate surface area is 123 Å². The van der Waals surface area contributed by atoms with E-state index >= 15 is 0 Å². The second-order valence-electron chi connectivity index (χ2n) is 4.47. The lowest BCUT2D eigenvalue weighted by molar-refractivity contribution is 0.0697. The Morgan fingerprint density at radius 2 is 1.86 bits per heavy atom. The highest BCUT2D eigenvalue weighted by Crippen LogP contribution is 2.28. The number of rotatable bonds is 3. The number of aromatic nitrogens is 2. The number of hydrogen-bond donors (Lipinski definition) is 2. The van der Waals surface area contributed by atoms with E-state index in [0.29, 0.717) is 5.56 Å². The Morgan fingerprint density at radius 1 is 1.14 bits per heavy atom. The molecular weight excluding hydrogens is 291 g/mol. The van der Waals surface area contributed by atoms with Crippen LogP contribution in [0, 0.1) is 5.82 Å². The zero-order chi connectivity index (χ0) is 15.7.